The lowest BCUT2D eigenvalue weighted by molar-refractivity contribution is 0.0828. The molecule has 1 N–H and O–H groups in total. The summed E-state index contributed by atoms with van der Waals surface area (Å²) in [6.45, 7) is 2.09. The molecule has 0 spiro atoms. The summed E-state index contributed by atoms with van der Waals surface area (Å²) in [7, 11) is 3.52. The van der Waals surface area contributed by atoms with Crippen molar-refractivity contribution in [3.05, 3.63) is 50.6 Å². The van der Waals surface area contributed by atoms with Gasteiger partial charge < -0.3 is 10.2 Å². The third-order valence-corrected chi connectivity index (χ3v) is 5.03. The molecule has 0 radical (unpaired) electrons. The second kappa shape index (κ2) is 6.41. The fourth-order valence-corrected chi connectivity index (χ4v) is 3.67. The highest BCUT2D eigenvalue weighted by molar-refractivity contribution is 9.10. The summed E-state index contributed by atoms with van der Waals surface area (Å²) >= 11 is 5.24. The van der Waals surface area contributed by atoms with Crippen molar-refractivity contribution in [3.8, 4) is 0 Å². The molecule has 20 heavy (non-hydrogen) atoms. The molecule has 1 atom stereocenters. The van der Waals surface area contributed by atoms with E-state index >= 15 is 0 Å². The van der Waals surface area contributed by atoms with E-state index in [4.69, 9.17) is 0 Å². The van der Waals surface area contributed by atoms with Gasteiger partial charge in [-0.15, -0.1) is 11.3 Å². The molecule has 1 unspecified atom stereocenters. The second-order valence-corrected chi connectivity index (χ2v) is 6.55. The van der Waals surface area contributed by atoms with Crippen LogP contribution in [-0.4, -0.2) is 24.9 Å². The summed E-state index contributed by atoms with van der Waals surface area (Å²) in [6, 6.07) is 9.78. The Morgan fingerprint density at radius 3 is 2.60 bits per heavy atom. The first-order valence-electron chi connectivity index (χ1n) is 6.31. The number of hydrogen-bond acceptors (Lipinski definition) is 3. The SMILES string of the molecule is CC(Nc1ccccc1C(=O)N(C)C)c1sccc1Br. The lowest BCUT2D eigenvalue weighted by atomic mass is 10.1. The average Bonchev–Trinajstić information content (AvgIpc) is 2.84. The van der Waals surface area contributed by atoms with Crippen molar-refractivity contribution in [1.82, 2.24) is 4.90 Å². The number of thiophene rings is 1. The van der Waals surface area contributed by atoms with Crippen LogP contribution in [0, 0.1) is 0 Å². The molecule has 0 saturated carbocycles. The summed E-state index contributed by atoms with van der Waals surface area (Å²) in [4.78, 5) is 15.0. The van der Waals surface area contributed by atoms with E-state index in [1.54, 1.807) is 30.3 Å². The Balaban J connectivity index is 2.26. The lowest BCUT2D eigenvalue weighted by Crippen LogP contribution is -2.23. The standard InChI is InChI=1S/C15H17BrN2OS/c1-10(14-12(16)8-9-20-14)17-13-7-5-4-6-11(13)15(19)18(2)3/h4-10,17H,1-3H3. The van der Waals surface area contributed by atoms with E-state index < -0.39 is 0 Å². The van der Waals surface area contributed by atoms with E-state index in [-0.39, 0.29) is 11.9 Å². The van der Waals surface area contributed by atoms with Gasteiger partial charge in [0.25, 0.3) is 5.91 Å². The van der Waals surface area contributed by atoms with Crippen LogP contribution in [0.15, 0.2) is 40.2 Å². The molecule has 106 valence electrons. The molecule has 5 heteroatoms. The second-order valence-electron chi connectivity index (χ2n) is 4.74. The molecule has 1 aromatic heterocycles. The number of hydrogen-bond donors (Lipinski definition) is 1. The van der Waals surface area contributed by atoms with Crippen molar-refractivity contribution in [2.24, 2.45) is 0 Å². The van der Waals surface area contributed by atoms with Gasteiger partial charge in [-0.2, -0.15) is 0 Å². The highest BCUT2D eigenvalue weighted by Crippen LogP contribution is 2.31. The van der Waals surface area contributed by atoms with Gasteiger partial charge in [-0.1, -0.05) is 12.1 Å². The quantitative estimate of drug-likeness (QED) is 0.884. The summed E-state index contributed by atoms with van der Waals surface area (Å²) in [6.07, 6.45) is 0. The Labute approximate surface area is 131 Å². The number of nitrogens with zero attached hydrogens (tertiary/aromatic N) is 1. The maximum absolute atomic E-state index is 12.2. The van der Waals surface area contributed by atoms with Gasteiger partial charge in [-0.05, 0) is 46.4 Å². The minimum atomic E-state index is 0.00513. The monoisotopic (exact) mass is 352 g/mol. The maximum atomic E-state index is 12.2. The Bertz CT molecular complexity index is 609. The van der Waals surface area contributed by atoms with Crippen LogP contribution in [0.5, 0.6) is 0 Å². The first-order chi connectivity index (χ1) is 9.50. The largest absolute Gasteiger partial charge is 0.377 e. The maximum Gasteiger partial charge on any atom is 0.255 e. The van der Waals surface area contributed by atoms with E-state index in [0.29, 0.717) is 5.56 Å². The van der Waals surface area contributed by atoms with Crippen molar-refractivity contribution >= 4 is 38.9 Å². The van der Waals surface area contributed by atoms with E-state index in [0.717, 1.165) is 10.2 Å². The summed E-state index contributed by atoms with van der Waals surface area (Å²) in [5.74, 6) is 0.00513. The Morgan fingerprint density at radius 2 is 2.00 bits per heavy atom. The number of benzene rings is 1. The molecule has 0 saturated heterocycles. The number of halogens is 1. The number of carbonyl (C=O) groups is 1. The number of nitrogens with one attached hydrogen (secondary N) is 1. The predicted molar refractivity (Wildman–Crippen MR) is 88.5 cm³/mol. The fourth-order valence-electron chi connectivity index (χ4n) is 1.95. The third-order valence-electron chi connectivity index (χ3n) is 2.97. The van der Waals surface area contributed by atoms with Gasteiger partial charge in [0.1, 0.15) is 0 Å². The number of amides is 1. The molecule has 1 heterocycles. The third kappa shape index (κ3) is 3.22. The molecule has 0 aliphatic heterocycles. The van der Waals surface area contributed by atoms with Gasteiger partial charge in [-0.3, -0.25) is 4.79 Å². The Kier molecular flexibility index (Phi) is 4.83. The fraction of sp³-hybridized carbons (Fsp3) is 0.267. The zero-order valence-electron chi connectivity index (χ0n) is 11.7. The van der Waals surface area contributed by atoms with Gasteiger partial charge in [0.05, 0.1) is 11.6 Å². The lowest BCUT2D eigenvalue weighted by Gasteiger charge is -2.19. The van der Waals surface area contributed by atoms with Crippen LogP contribution in [0.4, 0.5) is 5.69 Å². The normalized spacial score (nSPS) is 12.0. The highest BCUT2D eigenvalue weighted by Gasteiger charge is 2.16. The minimum Gasteiger partial charge on any atom is -0.377 e. The topological polar surface area (TPSA) is 32.3 Å². The molecule has 2 aromatic rings. The number of carbonyl (C=O) groups excluding carboxylic acids is 1. The van der Waals surface area contributed by atoms with Crippen LogP contribution in [0.1, 0.15) is 28.2 Å². The van der Waals surface area contributed by atoms with E-state index in [1.165, 1.54) is 4.88 Å². The Morgan fingerprint density at radius 1 is 1.30 bits per heavy atom. The van der Waals surface area contributed by atoms with Crippen LogP contribution in [0.25, 0.3) is 0 Å². The van der Waals surface area contributed by atoms with Crippen LogP contribution >= 0.6 is 27.3 Å². The molecule has 1 amide bonds. The first kappa shape index (κ1) is 15.1. The smallest absolute Gasteiger partial charge is 0.255 e. The van der Waals surface area contributed by atoms with Gasteiger partial charge in [0, 0.05) is 29.1 Å². The van der Waals surface area contributed by atoms with Gasteiger partial charge in [-0.25, -0.2) is 0 Å². The zero-order chi connectivity index (χ0) is 14.7. The van der Waals surface area contributed by atoms with Crippen LogP contribution in [0.3, 0.4) is 0 Å². The van der Waals surface area contributed by atoms with Gasteiger partial charge in [0.2, 0.25) is 0 Å². The molecular formula is C15H17BrN2OS. The number of anilines is 1. The Hall–Kier alpha value is -1.33. The molecule has 2 rings (SSSR count). The molecule has 0 bridgehead atoms. The van der Waals surface area contributed by atoms with Crippen LogP contribution < -0.4 is 5.32 Å². The molecule has 0 aliphatic carbocycles. The van der Waals surface area contributed by atoms with Crippen molar-refractivity contribution in [2.75, 3.05) is 19.4 Å². The summed E-state index contributed by atoms with van der Waals surface area (Å²) in [5.41, 5.74) is 1.55. The van der Waals surface area contributed by atoms with Crippen molar-refractivity contribution in [2.45, 2.75) is 13.0 Å². The van der Waals surface area contributed by atoms with Crippen molar-refractivity contribution in [3.63, 3.8) is 0 Å². The summed E-state index contributed by atoms with van der Waals surface area (Å²) in [5, 5.41) is 5.47. The van der Waals surface area contributed by atoms with E-state index in [2.05, 4.69) is 33.6 Å². The van der Waals surface area contributed by atoms with Crippen molar-refractivity contribution in [1.29, 1.82) is 0 Å². The molecule has 0 aliphatic rings. The summed E-state index contributed by atoms with van der Waals surface area (Å²) < 4.78 is 1.10. The van der Waals surface area contributed by atoms with E-state index in [9.17, 15) is 4.79 Å². The minimum absolute atomic E-state index is 0.00513. The zero-order valence-corrected chi connectivity index (χ0v) is 14.1. The molecule has 3 nitrogen and oxygen atoms in total. The van der Waals surface area contributed by atoms with Gasteiger partial charge >= 0.3 is 0 Å². The highest BCUT2D eigenvalue weighted by atomic mass is 79.9. The van der Waals surface area contributed by atoms with Gasteiger partial charge in [0.15, 0.2) is 0 Å². The first-order valence-corrected chi connectivity index (χ1v) is 7.98. The molecule has 1 aromatic carbocycles. The van der Waals surface area contributed by atoms with Crippen LogP contribution in [-0.2, 0) is 0 Å². The molecule has 0 fully saturated rings. The van der Waals surface area contributed by atoms with Crippen molar-refractivity contribution < 1.29 is 4.79 Å². The number of rotatable bonds is 4. The predicted octanol–water partition coefficient (Wildman–Crippen LogP) is 4.39. The van der Waals surface area contributed by atoms with E-state index in [1.807, 2.05) is 30.3 Å². The molecular weight excluding hydrogens is 336 g/mol. The number of para-hydroxylation sites is 1. The average molecular weight is 353 g/mol. The van der Waals surface area contributed by atoms with Crippen LogP contribution in [0.2, 0.25) is 0 Å².